The Hall–Kier alpha value is -1.81. The summed E-state index contributed by atoms with van der Waals surface area (Å²) in [5, 5.41) is 8.17. The number of benzene rings is 1. The molecule has 0 unspecified atom stereocenters. The molecule has 1 aromatic heterocycles. The SMILES string of the molecule is Cc1ccc(NC(=O)NCC2(c3cccs3)CCCC2)cc1C. The lowest BCUT2D eigenvalue weighted by Gasteiger charge is -2.28. The minimum absolute atomic E-state index is 0.115. The summed E-state index contributed by atoms with van der Waals surface area (Å²) < 4.78 is 0. The summed E-state index contributed by atoms with van der Waals surface area (Å²) in [7, 11) is 0. The molecule has 0 bridgehead atoms. The van der Waals surface area contributed by atoms with E-state index < -0.39 is 0 Å². The number of carbonyl (C=O) groups excluding carboxylic acids is 1. The molecule has 0 saturated heterocycles. The van der Waals surface area contributed by atoms with Gasteiger partial charge in [0.05, 0.1) is 0 Å². The molecule has 1 fully saturated rings. The van der Waals surface area contributed by atoms with Crippen LogP contribution in [0.3, 0.4) is 0 Å². The van der Waals surface area contributed by atoms with Crippen molar-refractivity contribution in [1.29, 1.82) is 0 Å². The molecule has 1 heterocycles. The summed E-state index contributed by atoms with van der Waals surface area (Å²) in [6, 6.07) is 10.2. The van der Waals surface area contributed by atoms with Crippen LogP contribution < -0.4 is 10.6 Å². The molecule has 122 valence electrons. The predicted molar refractivity (Wildman–Crippen MR) is 97.4 cm³/mol. The second-order valence-corrected chi connectivity index (χ2v) is 7.52. The Labute approximate surface area is 142 Å². The van der Waals surface area contributed by atoms with E-state index in [9.17, 15) is 4.79 Å². The summed E-state index contributed by atoms with van der Waals surface area (Å²) in [5.74, 6) is 0. The van der Waals surface area contributed by atoms with E-state index in [0.29, 0.717) is 6.54 Å². The maximum Gasteiger partial charge on any atom is 0.319 e. The quantitative estimate of drug-likeness (QED) is 0.815. The smallest absolute Gasteiger partial charge is 0.319 e. The van der Waals surface area contributed by atoms with Crippen molar-refractivity contribution in [3.63, 3.8) is 0 Å². The first-order valence-corrected chi connectivity index (χ1v) is 9.13. The highest BCUT2D eigenvalue weighted by Crippen LogP contribution is 2.42. The number of hydrogen-bond acceptors (Lipinski definition) is 2. The van der Waals surface area contributed by atoms with E-state index in [4.69, 9.17) is 0 Å². The molecule has 23 heavy (non-hydrogen) atoms. The summed E-state index contributed by atoms with van der Waals surface area (Å²) in [4.78, 5) is 13.7. The molecule has 2 N–H and O–H groups in total. The normalized spacial score (nSPS) is 16.3. The molecule has 1 aliphatic rings. The monoisotopic (exact) mass is 328 g/mol. The summed E-state index contributed by atoms with van der Waals surface area (Å²) in [6.07, 6.45) is 4.82. The Balaban J connectivity index is 1.62. The molecule has 2 aromatic rings. The summed E-state index contributed by atoms with van der Waals surface area (Å²) in [5.41, 5.74) is 3.41. The van der Waals surface area contributed by atoms with Crippen molar-refractivity contribution in [2.75, 3.05) is 11.9 Å². The predicted octanol–water partition coefficient (Wildman–Crippen LogP) is 5.00. The van der Waals surface area contributed by atoms with Gasteiger partial charge >= 0.3 is 6.03 Å². The van der Waals surface area contributed by atoms with Gasteiger partial charge < -0.3 is 10.6 Å². The molecule has 0 atom stereocenters. The highest BCUT2D eigenvalue weighted by Gasteiger charge is 2.36. The van der Waals surface area contributed by atoms with Gasteiger partial charge in [-0.2, -0.15) is 0 Å². The number of thiophene rings is 1. The molecule has 0 radical (unpaired) electrons. The molecule has 0 aliphatic heterocycles. The Morgan fingerprint density at radius 1 is 1.17 bits per heavy atom. The minimum atomic E-state index is -0.115. The van der Waals surface area contributed by atoms with Crippen molar-refractivity contribution in [2.45, 2.75) is 44.9 Å². The van der Waals surface area contributed by atoms with Crippen molar-refractivity contribution < 1.29 is 4.79 Å². The molecular weight excluding hydrogens is 304 g/mol. The van der Waals surface area contributed by atoms with Gasteiger partial charge in [0.2, 0.25) is 0 Å². The van der Waals surface area contributed by atoms with Crippen LogP contribution in [-0.4, -0.2) is 12.6 Å². The average molecular weight is 328 g/mol. The largest absolute Gasteiger partial charge is 0.337 e. The van der Waals surface area contributed by atoms with Crippen LogP contribution in [0.2, 0.25) is 0 Å². The Morgan fingerprint density at radius 2 is 1.96 bits per heavy atom. The molecule has 1 aromatic carbocycles. The van der Waals surface area contributed by atoms with E-state index >= 15 is 0 Å². The number of rotatable bonds is 4. The second-order valence-electron chi connectivity index (χ2n) is 6.57. The number of nitrogens with one attached hydrogen (secondary N) is 2. The maximum atomic E-state index is 12.3. The van der Waals surface area contributed by atoms with Gasteiger partial charge in [0.25, 0.3) is 0 Å². The summed E-state index contributed by atoms with van der Waals surface area (Å²) >= 11 is 1.81. The van der Waals surface area contributed by atoms with Crippen LogP contribution in [0.5, 0.6) is 0 Å². The van der Waals surface area contributed by atoms with Gasteiger partial charge in [0.15, 0.2) is 0 Å². The van der Waals surface area contributed by atoms with Crippen LogP contribution in [0.25, 0.3) is 0 Å². The Kier molecular flexibility index (Phi) is 4.71. The van der Waals surface area contributed by atoms with Crippen LogP contribution in [0.1, 0.15) is 41.7 Å². The van der Waals surface area contributed by atoms with E-state index in [0.717, 1.165) is 18.5 Å². The van der Waals surface area contributed by atoms with E-state index in [-0.39, 0.29) is 11.4 Å². The fourth-order valence-corrected chi connectivity index (χ4v) is 4.37. The number of carbonyl (C=O) groups is 1. The Bertz CT molecular complexity index is 673. The third-order valence-electron chi connectivity index (χ3n) is 4.96. The molecular formula is C19H24N2OS. The second kappa shape index (κ2) is 6.75. The van der Waals surface area contributed by atoms with Gasteiger partial charge in [0, 0.05) is 22.5 Å². The highest BCUT2D eigenvalue weighted by atomic mass is 32.1. The fraction of sp³-hybridized carbons (Fsp3) is 0.421. The number of anilines is 1. The van der Waals surface area contributed by atoms with Crippen molar-refractivity contribution >= 4 is 23.1 Å². The average Bonchev–Trinajstić information content (AvgIpc) is 3.20. The first-order valence-electron chi connectivity index (χ1n) is 8.25. The zero-order valence-corrected chi connectivity index (χ0v) is 14.6. The highest BCUT2D eigenvalue weighted by molar-refractivity contribution is 7.10. The number of aryl methyl sites for hydroxylation is 2. The van der Waals surface area contributed by atoms with E-state index in [1.807, 2.05) is 18.2 Å². The van der Waals surface area contributed by atoms with Gasteiger partial charge in [0.1, 0.15) is 0 Å². The fourth-order valence-electron chi connectivity index (χ4n) is 3.39. The van der Waals surface area contributed by atoms with Crippen molar-refractivity contribution in [3.8, 4) is 0 Å². The Morgan fingerprint density at radius 3 is 2.61 bits per heavy atom. The van der Waals surface area contributed by atoms with E-state index in [1.165, 1.54) is 28.8 Å². The van der Waals surface area contributed by atoms with Crippen LogP contribution in [0.4, 0.5) is 10.5 Å². The first-order chi connectivity index (χ1) is 11.1. The topological polar surface area (TPSA) is 41.1 Å². The van der Waals surface area contributed by atoms with Crippen LogP contribution in [0.15, 0.2) is 35.7 Å². The summed E-state index contributed by atoms with van der Waals surface area (Å²) in [6.45, 7) is 4.84. The third kappa shape index (κ3) is 3.58. The van der Waals surface area contributed by atoms with Crippen molar-refractivity contribution in [2.24, 2.45) is 0 Å². The van der Waals surface area contributed by atoms with Gasteiger partial charge in [-0.15, -0.1) is 11.3 Å². The van der Waals surface area contributed by atoms with E-state index in [2.05, 4.69) is 42.0 Å². The first kappa shape index (κ1) is 16.1. The maximum absolute atomic E-state index is 12.3. The third-order valence-corrected chi connectivity index (χ3v) is 6.07. The van der Waals surface area contributed by atoms with Crippen LogP contribution in [0, 0.1) is 13.8 Å². The van der Waals surface area contributed by atoms with Crippen LogP contribution in [-0.2, 0) is 5.41 Å². The lowest BCUT2D eigenvalue weighted by Crippen LogP contribution is -2.40. The van der Waals surface area contributed by atoms with Crippen molar-refractivity contribution in [3.05, 3.63) is 51.7 Å². The van der Waals surface area contributed by atoms with E-state index in [1.54, 1.807) is 11.3 Å². The van der Waals surface area contributed by atoms with Gasteiger partial charge in [-0.3, -0.25) is 0 Å². The van der Waals surface area contributed by atoms with Gasteiger partial charge in [-0.25, -0.2) is 4.79 Å². The van der Waals surface area contributed by atoms with Gasteiger partial charge in [-0.05, 0) is 61.4 Å². The van der Waals surface area contributed by atoms with Gasteiger partial charge in [-0.1, -0.05) is 25.0 Å². The molecule has 1 saturated carbocycles. The molecule has 0 spiro atoms. The minimum Gasteiger partial charge on any atom is -0.337 e. The van der Waals surface area contributed by atoms with Crippen molar-refractivity contribution in [1.82, 2.24) is 5.32 Å². The zero-order chi connectivity index (χ0) is 16.3. The molecule has 1 aliphatic carbocycles. The zero-order valence-electron chi connectivity index (χ0n) is 13.8. The number of hydrogen-bond donors (Lipinski definition) is 2. The standard InChI is InChI=1S/C19H24N2OS/c1-14-7-8-16(12-15(14)2)21-18(22)20-13-19(9-3-4-10-19)17-6-5-11-23-17/h5-8,11-12H,3-4,9-10,13H2,1-2H3,(H2,20,21,22). The molecule has 4 heteroatoms. The van der Waals surface area contributed by atoms with Crippen LogP contribution >= 0.6 is 11.3 Å². The number of amides is 2. The molecule has 3 rings (SSSR count). The molecule has 3 nitrogen and oxygen atoms in total. The lowest BCUT2D eigenvalue weighted by atomic mass is 9.84. The lowest BCUT2D eigenvalue weighted by molar-refractivity contribution is 0.248. The molecule has 2 amide bonds. The number of urea groups is 1.